The van der Waals surface area contributed by atoms with Crippen LogP contribution in [0, 0.1) is 0 Å². The number of hydrogen-bond donors (Lipinski definition) is 1. The number of halogens is 2. The van der Waals surface area contributed by atoms with Crippen LogP contribution in [0.15, 0.2) is 73.4 Å². The summed E-state index contributed by atoms with van der Waals surface area (Å²) in [5.41, 5.74) is 2.24. The quantitative estimate of drug-likeness (QED) is 0.298. The SMILES string of the molecule is CCC(=O)Nc1nccc(-c2ccc(OC[C@@H]3CO[C@@](Cn4ccnc4)(c4ccc(Cl)cc4Cl)O3)cc2)n1. The van der Waals surface area contributed by atoms with Gasteiger partial charge in [-0.1, -0.05) is 36.2 Å². The maximum Gasteiger partial charge on any atom is 0.229 e. The number of ether oxygens (including phenoxy) is 3. The van der Waals surface area contributed by atoms with E-state index in [9.17, 15) is 4.79 Å². The van der Waals surface area contributed by atoms with Gasteiger partial charge >= 0.3 is 0 Å². The Morgan fingerprint density at radius 1 is 1.18 bits per heavy atom. The molecule has 2 aromatic carbocycles. The van der Waals surface area contributed by atoms with Crippen LogP contribution < -0.4 is 10.1 Å². The molecule has 0 aliphatic carbocycles. The van der Waals surface area contributed by atoms with Gasteiger partial charge in [-0.05, 0) is 42.5 Å². The molecule has 1 aliphatic heterocycles. The summed E-state index contributed by atoms with van der Waals surface area (Å²) >= 11 is 12.7. The molecule has 2 atom stereocenters. The highest BCUT2D eigenvalue weighted by molar-refractivity contribution is 6.35. The lowest BCUT2D eigenvalue weighted by Gasteiger charge is -2.30. The van der Waals surface area contributed by atoms with Crippen LogP contribution >= 0.6 is 23.2 Å². The van der Waals surface area contributed by atoms with Crippen LogP contribution in [0.5, 0.6) is 5.75 Å². The minimum Gasteiger partial charge on any atom is -0.491 e. The summed E-state index contributed by atoms with van der Waals surface area (Å²) in [5, 5.41) is 3.66. The minimum absolute atomic E-state index is 0.142. The Kier molecular flexibility index (Phi) is 7.90. The Morgan fingerprint density at radius 3 is 2.76 bits per heavy atom. The summed E-state index contributed by atoms with van der Waals surface area (Å²) in [6, 6.07) is 14.5. The molecule has 3 heterocycles. The number of amides is 1. The van der Waals surface area contributed by atoms with Gasteiger partial charge in [0.25, 0.3) is 0 Å². The number of imidazole rings is 1. The Labute approximate surface area is 229 Å². The first kappa shape index (κ1) is 26.1. The zero-order valence-electron chi connectivity index (χ0n) is 20.5. The minimum atomic E-state index is -1.11. The molecule has 196 valence electrons. The van der Waals surface area contributed by atoms with Gasteiger partial charge in [0.2, 0.25) is 17.6 Å². The molecule has 0 radical (unpaired) electrons. The molecule has 2 aromatic heterocycles. The number of anilines is 1. The molecule has 5 rings (SSSR count). The molecule has 1 N–H and O–H groups in total. The number of rotatable bonds is 9. The lowest BCUT2D eigenvalue weighted by Crippen LogP contribution is -2.34. The zero-order chi connectivity index (χ0) is 26.5. The summed E-state index contributed by atoms with van der Waals surface area (Å²) in [7, 11) is 0. The Morgan fingerprint density at radius 2 is 2.03 bits per heavy atom. The Hall–Kier alpha value is -3.50. The van der Waals surface area contributed by atoms with Crippen LogP contribution in [0.2, 0.25) is 10.0 Å². The van der Waals surface area contributed by atoms with Gasteiger partial charge in [-0.3, -0.25) is 10.1 Å². The van der Waals surface area contributed by atoms with Gasteiger partial charge in [-0.2, -0.15) is 0 Å². The van der Waals surface area contributed by atoms with Gasteiger partial charge in [-0.25, -0.2) is 15.0 Å². The lowest BCUT2D eigenvalue weighted by molar-refractivity contribution is -0.189. The van der Waals surface area contributed by atoms with Gasteiger partial charge < -0.3 is 18.8 Å². The highest BCUT2D eigenvalue weighted by Gasteiger charge is 2.45. The maximum absolute atomic E-state index is 11.6. The molecule has 1 saturated heterocycles. The second kappa shape index (κ2) is 11.5. The average molecular weight is 554 g/mol. The first-order chi connectivity index (χ1) is 18.4. The van der Waals surface area contributed by atoms with E-state index < -0.39 is 5.79 Å². The van der Waals surface area contributed by atoms with Crippen molar-refractivity contribution in [1.82, 2.24) is 19.5 Å². The third-order valence-corrected chi connectivity index (χ3v) is 6.51. The fourth-order valence-corrected chi connectivity index (χ4v) is 4.63. The first-order valence-electron chi connectivity index (χ1n) is 12.0. The van der Waals surface area contributed by atoms with Crippen molar-refractivity contribution in [2.24, 2.45) is 0 Å². The number of nitrogens with zero attached hydrogens (tertiary/aromatic N) is 4. The monoisotopic (exact) mass is 553 g/mol. The Balaban J connectivity index is 1.25. The molecule has 1 amide bonds. The summed E-state index contributed by atoms with van der Waals surface area (Å²) in [6.45, 7) is 2.72. The van der Waals surface area contributed by atoms with E-state index in [0.29, 0.717) is 46.6 Å². The second-order valence-electron chi connectivity index (χ2n) is 8.67. The standard InChI is InChI=1S/C27H25Cl2N5O4/c1-2-25(35)33-26-31-10-9-24(32-26)18-3-6-20(7-4-18)36-14-21-15-37-27(38-21,16-34-12-11-30-17-34)22-8-5-19(28)13-23(22)29/h3-13,17,21H,2,14-16H2,1H3,(H,31,32,33,35)/t21-,27-/m1/s1. The molecule has 0 saturated carbocycles. The summed E-state index contributed by atoms with van der Waals surface area (Å²) in [4.78, 5) is 24.3. The van der Waals surface area contributed by atoms with E-state index in [4.69, 9.17) is 37.4 Å². The van der Waals surface area contributed by atoms with Crippen molar-refractivity contribution in [2.75, 3.05) is 18.5 Å². The van der Waals surface area contributed by atoms with Crippen molar-refractivity contribution in [2.45, 2.75) is 31.8 Å². The van der Waals surface area contributed by atoms with Crippen molar-refractivity contribution < 1.29 is 19.0 Å². The van der Waals surface area contributed by atoms with E-state index in [1.54, 1.807) is 43.8 Å². The molecule has 9 nitrogen and oxygen atoms in total. The van der Waals surface area contributed by atoms with E-state index in [1.165, 1.54) is 0 Å². The molecule has 0 bridgehead atoms. The van der Waals surface area contributed by atoms with E-state index >= 15 is 0 Å². The largest absolute Gasteiger partial charge is 0.491 e. The number of aromatic nitrogens is 4. The molecule has 11 heteroatoms. The van der Waals surface area contributed by atoms with Crippen LogP contribution in [-0.2, 0) is 26.6 Å². The fourth-order valence-electron chi connectivity index (χ4n) is 4.08. The number of carbonyl (C=O) groups excluding carboxylic acids is 1. The Bertz CT molecular complexity index is 1400. The summed E-state index contributed by atoms with van der Waals surface area (Å²) in [6.07, 6.45) is 6.85. The van der Waals surface area contributed by atoms with Crippen LogP contribution in [0.4, 0.5) is 5.95 Å². The van der Waals surface area contributed by atoms with Gasteiger partial charge in [0.1, 0.15) is 18.5 Å². The predicted octanol–water partition coefficient (Wildman–Crippen LogP) is 5.34. The number of nitrogens with one attached hydrogen (secondary N) is 1. The molecular weight excluding hydrogens is 529 g/mol. The third-order valence-electron chi connectivity index (χ3n) is 5.96. The van der Waals surface area contributed by atoms with Crippen LogP contribution in [0.3, 0.4) is 0 Å². The highest BCUT2D eigenvalue weighted by Crippen LogP contribution is 2.40. The topological polar surface area (TPSA) is 100 Å². The molecule has 38 heavy (non-hydrogen) atoms. The van der Waals surface area contributed by atoms with Crippen LogP contribution in [0.1, 0.15) is 18.9 Å². The molecule has 1 aliphatic rings. The van der Waals surface area contributed by atoms with Gasteiger partial charge in [-0.15, -0.1) is 0 Å². The summed E-state index contributed by atoms with van der Waals surface area (Å²) < 4.78 is 20.5. The average Bonchev–Trinajstić information content (AvgIpc) is 3.58. The van der Waals surface area contributed by atoms with Gasteiger partial charge in [0, 0.05) is 41.2 Å². The fraction of sp³-hybridized carbons (Fsp3) is 0.259. The van der Waals surface area contributed by atoms with E-state index in [-0.39, 0.29) is 24.6 Å². The maximum atomic E-state index is 11.6. The predicted molar refractivity (Wildman–Crippen MR) is 143 cm³/mol. The van der Waals surface area contributed by atoms with Crippen molar-refractivity contribution in [1.29, 1.82) is 0 Å². The number of benzene rings is 2. The van der Waals surface area contributed by atoms with Crippen molar-refractivity contribution in [3.05, 3.63) is 89.1 Å². The first-order valence-corrected chi connectivity index (χ1v) is 12.8. The summed E-state index contributed by atoms with van der Waals surface area (Å²) in [5.74, 6) is -0.315. The third kappa shape index (κ3) is 5.97. The lowest BCUT2D eigenvalue weighted by atomic mass is 10.1. The number of carbonyl (C=O) groups is 1. The highest BCUT2D eigenvalue weighted by atomic mass is 35.5. The molecule has 0 spiro atoms. The second-order valence-corrected chi connectivity index (χ2v) is 9.51. The molecule has 0 unspecified atom stereocenters. The van der Waals surface area contributed by atoms with E-state index in [0.717, 1.165) is 5.56 Å². The van der Waals surface area contributed by atoms with Crippen LogP contribution in [0.25, 0.3) is 11.3 Å². The normalized spacial score (nSPS) is 18.9. The molecule has 4 aromatic rings. The van der Waals surface area contributed by atoms with Crippen molar-refractivity contribution in [3.8, 4) is 17.0 Å². The van der Waals surface area contributed by atoms with Gasteiger partial charge in [0.05, 0.1) is 30.2 Å². The zero-order valence-corrected chi connectivity index (χ0v) is 22.0. The van der Waals surface area contributed by atoms with E-state index in [1.807, 2.05) is 41.1 Å². The molecule has 1 fully saturated rings. The van der Waals surface area contributed by atoms with Crippen molar-refractivity contribution >= 4 is 35.1 Å². The van der Waals surface area contributed by atoms with Gasteiger partial charge in [0.15, 0.2) is 0 Å². The van der Waals surface area contributed by atoms with Crippen LogP contribution in [-0.4, -0.2) is 44.7 Å². The van der Waals surface area contributed by atoms with Crippen molar-refractivity contribution in [3.63, 3.8) is 0 Å². The molecular formula is C27H25Cl2N5O4. The smallest absolute Gasteiger partial charge is 0.229 e. The number of hydrogen-bond acceptors (Lipinski definition) is 7. The van der Waals surface area contributed by atoms with E-state index in [2.05, 4.69) is 20.3 Å².